The molecule has 0 N–H and O–H groups in total. The van der Waals surface area contributed by atoms with Crippen LogP contribution in [0.4, 0.5) is 5.69 Å². The van der Waals surface area contributed by atoms with Crippen molar-refractivity contribution in [1.29, 1.82) is 0 Å². The molecule has 3 atom stereocenters. The molecule has 0 spiro atoms. The summed E-state index contributed by atoms with van der Waals surface area (Å²) >= 11 is 1.96. The standard InChI is InChI=1S/C19H23NS/c1-13-7-5-6-8-16(13)20-14(2)18(3)10-11-19(20,4)15-9-12-21-17(15)18/h5-9,12,14H,10-11H2,1-4H3/t14-,18?,19?/m0/s1. The van der Waals surface area contributed by atoms with Crippen LogP contribution in [-0.4, -0.2) is 6.04 Å². The molecule has 3 aliphatic rings. The van der Waals surface area contributed by atoms with Crippen molar-refractivity contribution in [1.82, 2.24) is 0 Å². The van der Waals surface area contributed by atoms with Crippen molar-refractivity contribution in [2.45, 2.75) is 57.5 Å². The minimum Gasteiger partial charge on any atom is -0.358 e. The first kappa shape index (κ1) is 13.4. The van der Waals surface area contributed by atoms with Gasteiger partial charge in [-0.3, -0.25) is 0 Å². The molecule has 0 amide bonds. The number of nitrogens with zero attached hydrogens (tertiary/aromatic N) is 1. The lowest BCUT2D eigenvalue weighted by atomic mass is 9.60. The van der Waals surface area contributed by atoms with E-state index in [4.69, 9.17) is 0 Å². The topological polar surface area (TPSA) is 3.24 Å². The average Bonchev–Trinajstić information content (AvgIpc) is 2.96. The summed E-state index contributed by atoms with van der Waals surface area (Å²) in [4.78, 5) is 4.34. The van der Waals surface area contributed by atoms with Crippen LogP contribution in [0.15, 0.2) is 35.7 Å². The van der Waals surface area contributed by atoms with Crippen molar-refractivity contribution < 1.29 is 0 Å². The predicted octanol–water partition coefficient (Wildman–Crippen LogP) is 5.23. The maximum atomic E-state index is 2.71. The number of anilines is 1. The van der Waals surface area contributed by atoms with Crippen LogP contribution in [0, 0.1) is 6.92 Å². The number of thiophene rings is 1. The molecule has 2 aromatic rings. The molecule has 1 aromatic carbocycles. The van der Waals surface area contributed by atoms with Gasteiger partial charge in [0.15, 0.2) is 0 Å². The fraction of sp³-hybridized carbons (Fsp3) is 0.474. The quantitative estimate of drug-likeness (QED) is 0.696. The third-order valence-corrected chi connectivity index (χ3v) is 7.31. The highest BCUT2D eigenvalue weighted by Crippen LogP contribution is 2.59. The molecule has 2 aliphatic heterocycles. The second kappa shape index (κ2) is 4.13. The van der Waals surface area contributed by atoms with Crippen molar-refractivity contribution >= 4 is 17.0 Å². The SMILES string of the molecule is Cc1ccccc1N1[C@@H](C)C2(C)CCC1(C)c1ccsc12. The molecule has 5 rings (SSSR count). The molecule has 1 fully saturated rings. The van der Waals surface area contributed by atoms with E-state index in [1.807, 2.05) is 11.3 Å². The molecule has 1 nitrogen and oxygen atoms in total. The van der Waals surface area contributed by atoms with E-state index in [2.05, 4.69) is 68.3 Å². The molecule has 110 valence electrons. The van der Waals surface area contributed by atoms with Crippen molar-refractivity contribution in [3.63, 3.8) is 0 Å². The summed E-state index contributed by atoms with van der Waals surface area (Å²) in [6.45, 7) is 9.58. The molecule has 21 heavy (non-hydrogen) atoms. The fourth-order valence-corrected chi connectivity index (χ4v) is 5.89. The van der Waals surface area contributed by atoms with Crippen molar-refractivity contribution in [2.24, 2.45) is 0 Å². The first-order chi connectivity index (χ1) is 9.98. The van der Waals surface area contributed by atoms with Gasteiger partial charge in [0, 0.05) is 22.0 Å². The highest BCUT2D eigenvalue weighted by Gasteiger charge is 2.57. The van der Waals surface area contributed by atoms with E-state index < -0.39 is 0 Å². The van der Waals surface area contributed by atoms with Crippen molar-refractivity contribution in [3.05, 3.63) is 51.7 Å². The Labute approximate surface area is 131 Å². The first-order valence-electron chi connectivity index (χ1n) is 7.92. The molecule has 1 saturated heterocycles. The van der Waals surface area contributed by atoms with Gasteiger partial charge in [-0.2, -0.15) is 0 Å². The van der Waals surface area contributed by atoms with Crippen LogP contribution in [0.3, 0.4) is 0 Å². The van der Waals surface area contributed by atoms with E-state index in [9.17, 15) is 0 Å². The maximum absolute atomic E-state index is 2.71. The summed E-state index contributed by atoms with van der Waals surface area (Å²) in [5.41, 5.74) is 4.82. The Balaban J connectivity index is 1.97. The zero-order valence-electron chi connectivity index (χ0n) is 13.3. The third kappa shape index (κ3) is 1.52. The number of piperidine rings is 1. The summed E-state index contributed by atoms with van der Waals surface area (Å²) in [5, 5.41) is 2.29. The van der Waals surface area contributed by atoms with E-state index in [-0.39, 0.29) is 5.54 Å². The Morgan fingerprint density at radius 2 is 1.90 bits per heavy atom. The van der Waals surface area contributed by atoms with Crippen LogP contribution in [0.1, 0.15) is 49.6 Å². The number of aryl methyl sites for hydroxylation is 1. The Morgan fingerprint density at radius 3 is 2.67 bits per heavy atom. The molecule has 1 aromatic heterocycles. The number of hydrogen-bond acceptors (Lipinski definition) is 2. The zero-order valence-corrected chi connectivity index (χ0v) is 14.1. The van der Waals surface area contributed by atoms with Gasteiger partial charge in [-0.05, 0) is 62.3 Å². The fourth-order valence-electron chi connectivity index (χ4n) is 4.60. The van der Waals surface area contributed by atoms with E-state index in [1.54, 1.807) is 10.4 Å². The van der Waals surface area contributed by atoms with Gasteiger partial charge in [-0.25, -0.2) is 0 Å². The van der Waals surface area contributed by atoms with Crippen molar-refractivity contribution in [2.75, 3.05) is 4.90 Å². The number of fused-ring (bicyclic) bond motifs is 2. The Bertz CT molecular complexity index is 703. The van der Waals surface area contributed by atoms with Gasteiger partial charge in [0.25, 0.3) is 0 Å². The summed E-state index contributed by atoms with van der Waals surface area (Å²) in [5.74, 6) is 0. The molecule has 2 unspecified atom stereocenters. The van der Waals surface area contributed by atoms with Gasteiger partial charge >= 0.3 is 0 Å². The van der Waals surface area contributed by atoms with Crippen LogP contribution in [0.25, 0.3) is 0 Å². The number of hydrogen-bond donors (Lipinski definition) is 0. The molecule has 3 heterocycles. The first-order valence-corrected chi connectivity index (χ1v) is 8.80. The normalized spacial score (nSPS) is 34.1. The van der Waals surface area contributed by atoms with Gasteiger partial charge < -0.3 is 4.90 Å². The van der Waals surface area contributed by atoms with Crippen LogP contribution < -0.4 is 4.90 Å². The van der Waals surface area contributed by atoms with Crippen LogP contribution >= 0.6 is 11.3 Å². The van der Waals surface area contributed by atoms with Gasteiger partial charge in [0.1, 0.15) is 0 Å². The number of para-hydroxylation sites is 1. The predicted molar refractivity (Wildman–Crippen MR) is 91.4 cm³/mol. The summed E-state index contributed by atoms with van der Waals surface area (Å²) in [6.07, 6.45) is 2.56. The Morgan fingerprint density at radius 1 is 1.14 bits per heavy atom. The minimum atomic E-state index is 0.151. The highest BCUT2D eigenvalue weighted by atomic mass is 32.1. The summed E-state index contributed by atoms with van der Waals surface area (Å²) < 4.78 is 0. The minimum absolute atomic E-state index is 0.151. The Hall–Kier alpha value is -1.28. The lowest BCUT2D eigenvalue weighted by molar-refractivity contribution is 0.171. The highest BCUT2D eigenvalue weighted by molar-refractivity contribution is 7.10. The van der Waals surface area contributed by atoms with Crippen LogP contribution in [0.5, 0.6) is 0 Å². The molecular formula is C19H23NS. The van der Waals surface area contributed by atoms with E-state index >= 15 is 0 Å². The van der Waals surface area contributed by atoms with Crippen LogP contribution in [0.2, 0.25) is 0 Å². The van der Waals surface area contributed by atoms with E-state index in [1.165, 1.54) is 24.1 Å². The Kier molecular flexibility index (Phi) is 2.63. The number of rotatable bonds is 1. The average molecular weight is 297 g/mol. The molecule has 2 heteroatoms. The molecule has 1 aliphatic carbocycles. The number of benzene rings is 1. The molecular weight excluding hydrogens is 274 g/mol. The van der Waals surface area contributed by atoms with E-state index in [0.29, 0.717) is 11.5 Å². The lowest BCUT2D eigenvalue weighted by Crippen LogP contribution is -2.65. The van der Waals surface area contributed by atoms with Gasteiger partial charge in [-0.1, -0.05) is 25.1 Å². The van der Waals surface area contributed by atoms with E-state index in [0.717, 1.165) is 0 Å². The third-order valence-electron chi connectivity index (χ3n) is 6.11. The largest absolute Gasteiger partial charge is 0.358 e. The smallest absolute Gasteiger partial charge is 0.0640 e. The van der Waals surface area contributed by atoms with Gasteiger partial charge in [0.05, 0.1) is 5.54 Å². The maximum Gasteiger partial charge on any atom is 0.0640 e. The van der Waals surface area contributed by atoms with Gasteiger partial charge in [0.2, 0.25) is 0 Å². The lowest BCUT2D eigenvalue weighted by Gasteiger charge is -2.62. The second-order valence-electron chi connectivity index (χ2n) is 7.19. The summed E-state index contributed by atoms with van der Waals surface area (Å²) in [7, 11) is 0. The van der Waals surface area contributed by atoms with Crippen LogP contribution in [-0.2, 0) is 11.0 Å². The summed E-state index contributed by atoms with van der Waals surface area (Å²) in [6, 6.07) is 11.8. The zero-order chi connectivity index (χ0) is 14.8. The monoisotopic (exact) mass is 297 g/mol. The second-order valence-corrected chi connectivity index (χ2v) is 8.10. The molecule has 2 bridgehead atoms. The van der Waals surface area contributed by atoms with Gasteiger partial charge in [-0.15, -0.1) is 11.3 Å². The molecule has 0 saturated carbocycles. The van der Waals surface area contributed by atoms with Crippen molar-refractivity contribution in [3.8, 4) is 0 Å². The molecule has 0 radical (unpaired) electrons.